The predicted octanol–water partition coefficient (Wildman–Crippen LogP) is 5.51. The number of amides is 1. The Hall–Kier alpha value is -3.60. The van der Waals surface area contributed by atoms with Gasteiger partial charge in [0, 0.05) is 23.3 Å². The molecule has 10 nitrogen and oxygen atoms in total. The number of imidazole rings is 1. The van der Waals surface area contributed by atoms with Crippen LogP contribution >= 0.6 is 11.6 Å². The lowest BCUT2D eigenvalue weighted by atomic mass is 9.83. The molecule has 11 heteroatoms. The highest BCUT2D eigenvalue weighted by molar-refractivity contribution is 6.30. The van der Waals surface area contributed by atoms with E-state index in [0.717, 1.165) is 41.9 Å². The first-order valence-corrected chi connectivity index (χ1v) is 14.0. The summed E-state index contributed by atoms with van der Waals surface area (Å²) < 4.78 is 2.17. The summed E-state index contributed by atoms with van der Waals surface area (Å²) in [5.41, 5.74) is 5.65. The lowest BCUT2D eigenvalue weighted by molar-refractivity contribution is 0.0785. The van der Waals surface area contributed by atoms with Crippen molar-refractivity contribution in [2.75, 3.05) is 0 Å². The van der Waals surface area contributed by atoms with Crippen molar-refractivity contribution in [3.05, 3.63) is 59.0 Å². The van der Waals surface area contributed by atoms with Crippen molar-refractivity contribution in [1.29, 1.82) is 0 Å². The highest BCUT2D eigenvalue weighted by Gasteiger charge is 2.30. The van der Waals surface area contributed by atoms with E-state index in [1.807, 2.05) is 36.4 Å². The number of nitrogens with one attached hydrogen (secondary N) is 2. The third-order valence-electron chi connectivity index (χ3n) is 7.78. The molecule has 1 unspecified atom stereocenters. The summed E-state index contributed by atoms with van der Waals surface area (Å²) in [6.45, 7) is 6.54. The number of carbonyl (C=O) groups is 1. The largest absolute Gasteiger partial charge is 0.427 e. The van der Waals surface area contributed by atoms with E-state index in [-0.39, 0.29) is 0 Å². The number of rotatable bonds is 6. The first-order chi connectivity index (χ1) is 19.2. The minimum Gasteiger partial charge on any atom is -0.386 e. The Morgan fingerprint density at radius 3 is 2.62 bits per heavy atom. The van der Waals surface area contributed by atoms with Crippen LogP contribution < -0.4 is 10.8 Å². The molecule has 40 heavy (non-hydrogen) atoms. The van der Waals surface area contributed by atoms with Gasteiger partial charge in [-0.1, -0.05) is 43.5 Å². The van der Waals surface area contributed by atoms with Crippen molar-refractivity contribution in [3.8, 4) is 22.8 Å². The molecular weight excluding hydrogens is 530 g/mol. The summed E-state index contributed by atoms with van der Waals surface area (Å²) >= 11 is 6.41. The van der Waals surface area contributed by atoms with Gasteiger partial charge >= 0.3 is 6.09 Å². The second kappa shape index (κ2) is 10.4. The van der Waals surface area contributed by atoms with Gasteiger partial charge in [-0.25, -0.2) is 19.7 Å². The predicted molar refractivity (Wildman–Crippen MR) is 151 cm³/mol. The number of aromatic nitrogens is 5. The van der Waals surface area contributed by atoms with Crippen molar-refractivity contribution in [3.63, 3.8) is 0 Å². The van der Waals surface area contributed by atoms with Crippen LogP contribution in [0.2, 0.25) is 5.02 Å². The number of nitrogens with zero attached hydrogens (tertiary/aromatic N) is 5. The molecule has 3 aromatic heterocycles. The van der Waals surface area contributed by atoms with Gasteiger partial charge in [0.05, 0.1) is 5.60 Å². The summed E-state index contributed by atoms with van der Waals surface area (Å²) in [6.07, 6.45) is 4.97. The molecule has 1 amide bonds. The van der Waals surface area contributed by atoms with Gasteiger partial charge in [0.1, 0.15) is 16.9 Å². The van der Waals surface area contributed by atoms with Crippen LogP contribution in [0, 0.1) is 11.8 Å². The molecule has 0 radical (unpaired) electrons. The van der Waals surface area contributed by atoms with Crippen LogP contribution in [-0.4, -0.2) is 35.7 Å². The third kappa shape index (κ3) is 5.26. The molecule has 1 aromatic carbocycles. The van der Waals surface area contributed by atoms with E-state index >= 15 is 0 Å². The molecule has 208 valence electrons. The molecule has 4 aromatic rings. The van der Waals surface area contributed by atoms with Gasteiger partial charge in [-0.3, -0.25) is 10.3 Å². The zero-order valence-electron chi connectivity index (χ0n) is 22.7. The highest BCUT2D eigenvalue weighted by atomic mass is 35.5. The van der Waals surface area contributed by atoms with Gasteiger partial charge in [0.15, 0.2) is 23.5 Å². The molecule has 1 atom stereocenters. The molecule has 6 rings (SSSR count). The number of pyridine rings is 1. The van der Waals surface area contributed by atoms with Crippen LogP contribution in [0.15, 0.2) is 42.6 Å². The normalized spacial score (nSPS) is 21.4. The van der Waals surface area contributed by atoms with Gasteiger partial charge < -0.3 is 14.5 Å². The van der Waals surface area contributed by atoms with E-state index in [4.69, 9.17) is 31.4 Å². The fourth-order valence-electron chi connectivity index (χ4n) is 5.50. The van der Waals surface area contributed by atoms with Gasteiger partial charge in [0.2, 0.25) is 0 Å². The zero-order valence-corrected chi connectivity index (χ0v) is 23.4. The Labute approximate surface area is 237 Å². The lowest BCUT2D eigenvalue weighted by Crippen LogP contribution is -2.25. The summed E-state index contributed by atoms with van der Waals surface area (Å²) in [4.78, 5) is 36.0. The maximum Gasteiger partial charge on any atom is 0.427 e. The maximum absolute atomic E-state index is 11.8. The fourth-order valence-corrected chi connectivity index (χ4v) is 5.69. The topological polar surface area (TPSA) is 127 Å². The van der Waals surface area contributed by atoms with Crippen LogP contribution in [0.5, 0.6) is 0 Å². The summed E-state index contributed by atoms with van der Waals surface area (Å²) in [5, 5.41) is 14.0. The smallest absolute Gasteiger partial charge is 0.386 e. The maximum atomic E-state index is 11.8. The number of hydrogen-bond donors (Lipinski definition) is 3. The zero-order chi connectivity index (χ0) is 28.0. The van der Waals surface area contributed by atoms with Crippen LogP contribution in [0.4, 0.5) is 4.79 Å². The first-order valence-electron chi connectivity index (χ1n) is 13.6. The van der Waals surface area contributed by atoms with Crippen molar-refractivity contribution in [1.82, 2.24) is 35.3 Å². The number of benzene rings is 1. The van der Waals surface area contributed by atoms with Crippen LogP contribution in [0.25, 0.3) is 33.9 Å². The average molecular weight is 562 g/mol. The Morgan fingerprint density at radius 1 is 1.12 bits per heavy atom. The summed E-state index contributed by atoms with van der Waals surface area (Å²) in [7, 11) is 0. The van der Waals surface area contributed by atoms with Gasteiger partial charge in [-0.2, -0.15) is 0 Å². The third-order valence-corrected chi connectivity index (χ3v) is 8.02. The molecular formula is C29H32ClN7O3. The van der Waals surface area contributed by atoms with E-state index in [1.165, 1.54) is 12.8 Å². The van der Waals surface area contributed by atoms with Gasteiger partial charge in [-0.15, -0.1) is 5.48 Å². The fraction of sp³-hybridized carbons (Fsp3) is 0.414. The van der Waals surface area contributed by atoms with Crippen LogP contribution in [-0.2, 0) is 17.0 Å². The number of aliphatic hydroxyl groups is 1. The first kappa shape index (κ1) is 26.6. The molecule has 1 saturated carbocycles. The molecule has 2 fully saturated rings. The van der Waals surface area contributed by atoms with Crippen LogP contribution in [0.3, 0.4) is 0 Å². The van der Waals surface area contributed by atoms with E-state index in [9.17, 15) is 9.90 Å². The second-order valence-corrected chi connectivity index (χ2v) is 11.8. The monoisotopic (exact) mass is 561 g/mol. The summed E-state index contributed by atoms with van der Waals surface area (Å²) in [5.74, 6) is 2.15. The Balaban J connectivity index is 1.58. The number of hydroxylamine groups is 1. The number of halogens is 1. The van der Waals surface area contributed by atoms with E-state index in [0.29, 0.717) is 39.6 Å². The molecule has 2 aliphatic rings. The van der Waals surface area contributed by atoms with Crippen molar-refractivity contribution >= 4 is 28.9 Å². The Bertz CT molecular complexity index is 1570. The van der Waals surface area contributed by atoms with E-state index < -0.39 is 17.9 Å². The van der Waals surface area contributed by atoms with Gasteiger partial charge in [0.25, 0.3) is 0 Å². The average Bonchev–Trinajstić information content (AvgIpc) is 3.53. The number of fused-ring (bicyclic) bond motifs is 1. The molecule has 1 aliphatic carbocycles. The summed E-state index contributed by atoms with van der Waals surface area (Å²) in [6, 6.07) is 11.2. The lowest BCUT2D eigenvalue weighted by Gasteiger charge is -2.27. The SMILES string of the molecule is CC1CCC(Cn2c(-c3cc(C(C)(C)O)ccn3)nc3nc(C4NOC(=O)N4)nc(-c4cccc(Cl)c4)c32)CC1. The van der Waals surface area contributed by atoms with Crippen molar-refractivity contribution in [2.45, 2.75) is 64.8 Å². The van der Waals surface area contributed by atoms with Crippen molar-refractivity contribution < 1.29 is 14.7 Å². The molecule has 1 aliphatic heterocycles. The minimum atomic E-state index is -1.04. The minimum absolute atomic E-state index is 0.314. The number of hydrogen-bond acceptors (Lipinski definition) is 8. The highest BCUT2D eigenvalue weighted by Crippen LogP contribution is 2.36. The standard InChI is InChI=1S/C29H32ClN7O3/c1-16-7-9-17(10-8-16)15-37-23-22(18-5-4-6-20(30)13-18)32-25(26-35-28(38)40-36-26)33-24(23)34-27(37)21-14-19(11-12-31-21)29(2,3)39/h4-6,11-14,16-17,26,36,39H,7-10,15H2,1-3H3,(H,35,38). The second-order valence-electron chi connectivity index (χ2n) is 11.4. The molecule has 4 heterocycles. The van der Waals surface area contributed by atoms with E-state index in [2.05, 4.69) is 27.3 Å². The van der Waals surface area contributed by atoms with Crippen molar-refractivity contribution in [2.24, 2.45) is 11.8 Å². The quantitative estimate of drug-likeness (QED) is 0.281. The number of carbonyl (C=O) groups excluding carboxylic acids is 1. The van der Waals surface area contributed by atoms with Gasteiger partial charge in [-0.05, 0) is 68.4 Å². The Morgan fingerprint density at radius 2 is 1.93 bits per heavy atom. The molecule has 0 bridgehead atoms. The Kier molecular flexibility index (Phi) is 6.93. The van der Waals surface area contributed by atoms with Crippen LogP contribution in [0.1, 0.15) is 64.0 Å². The van der Waals surface area contributed by atoms with E-state index in [1.54, 1.807) is 20.0 Å². The molecule has 1 saturated heterocycles. The molecule has 3 N–H and O–H groups in total. The molecule has 0 spiro atoms.